The quantitative estimate of drug-likeness (QED) is 0.780. The van der Waals surface area contributed by atoms with E-state index < -0.39 is 11.4 Å². The predicted octanol–water partition coefficient (Wildman–Crippen LogP) is 3.59. The molecule has 23 heavy (non-hydrogen) atoms. The molecule has 0 fully saturated rings. The van der Waals surface area contributed by atoms with Gasteiger partial charge in [0.25, 0.3) is 0 Å². The molecule has 0 saturated heterocycles. The summed E-state index contributed by atoms with van der Waals surface area (Å²) in [4.78, 5) is 5.45. The number of aromatic nitrogens is 1. The van der Waals surface area contributed by atoms with Gasteiger partial charge in [0.05, 0.1) is 22.1 Å². The van der Waals surface area contributed by atoms with Crippen LogP contribution < -0.4 is 4.72 Å². The molecular weight excluding hydrogens is 328 g/mol. The van der Waals surface area contributed by atoms with Crippen LogP contribution in [0.5, 0.6) is 0 Å². The zero-order valence-corrected chi connectivity index (χ0v) is 15.6. The van der Waals surface area contributed by atoms with Gasteiger partial charge in [0, 0.05) is 18.0 Å². The van der Waals surface area contributed by atoms with Crippen molar-refractivity contribution in [2.75, 3.05) is 6.61 Å². The Hall–Kier alpha value is -0.920. The molecule has 0 aliphatic carbocycles. The molecule has 126 valence electrons. The number of nitrogens with one attached hydrogen (secondary N) is 1. The van der Waals surface area contributed by atoms with Gasteiger partial charge in [-0.1, -0.05) is 24.3 Å². The van der Waals surface area contributed by atoms with Gasteiger partial charge in [-0.25, -0.2) is 4.98 Å². The van der Waals surface area contributed by atoms with Crippen LogP contribution in [0.15, 0.2) is 29.8 Å². The summed E-state index contributed by atoms with van der Waals surface area (Å²) in [6.07, 6.45) is 0.529. The van der Waals surface area contributed by atoms with E-state index >= 15 is 0 Å². The summed E-state index contributed by atoms with van der Waals surface area (Å²) < 4.78 is 15.1. The fourth-order valence-corrected chi connectivity index (χ4v) is 3.85. The van der Waals surface area contributed by atoms with Crippen molar-refractivity contribution in [3.05, 3.63) is 41.0 Å². The first-order valence-electron chi connectivity index (χ1n) is 7.62. The number of hydrogen-bond acceptors (Lipinski definition) is 5. The van der Waals surface area contributed by atoms with E-state index in [9.17, 15) is 9.66 Å². The van der Waals surface area contributed by atoms with E-state index in [1.54, 1.807) is 11.3 Å². The van der Waals surface area contributed by atoms with Gasteiger partial charge in [0.2, 0.25) is 0 Å². The fourth-order valence-electron chi connectivity index (χ4n) is 2.17. The molecule has 0 unspecified atom stereocenters. The molecule has 6 heteroatoms. The summed E-state index contributed by atoms with van der Waals surface area (Å²) in [6.45, 7) is 7.85. The van der Waals surface area contributed by atoms with E-state index in [4.69, 9.17) is 0 Å². The number of rotatable bonds is 6. The zero-order valence-electron chi connectivity index (χ0n) is 14.0. The normalized spacial score (nSPS) is 14.7. The maximum Gasteiger partial charge on any atom is 0.136 e. The van der Waals surface area contributed by atoms with Gasteiger partial charge in [-0.05, 0) is 45.2 Å². The van der Waals surface area contributed by atoms with Crippen molar-refractivity contribution in [3.63, 3.8) is 0 Å². The SMILES string of the molecule is Cc1ncsc1-c1ccc([C@H](CCO)N[S@+]([O-])C(C)(C)C)cc1. The minimum absolute atomic E-state index is 0.0503. The first kappa shape index (κ1) is 18.4. The van der Waals surface area contributed by atoms with Crippen molar-refractivity contribution in [3.8, 4) is 10.4 Å². The second-order valence-electron chi connectivity index (χ2n) is 6.45. The van der Waals surface area contributed by atoms with Gasteiger partial charge < -0.3 is 9.66 Å². The first-order valence-corrected chi connectivity index (χ1v) is 9.65. The summed E-state index contributed by atoms with van der Waals surface area (Å²) in [5.74, 6) is 0. The third-order valence-electron chi connectivity index (χ3n) is 3.54. The van der Waals surface area contributed by atoms with Crippen molar-refractivity contribution in [1.82, 2.24) is 9.71 Å². The Morgan fingerprint density at radius 3 is 2.43 bits per heavy atom. The molecule has 1 heterocycles. The molecule has 2 atom stereocenters. The number of hydrogen-bond donors (Lipinski definition) is 2. The highest BCUT2D eigenvalue weighted by atomic mass is 32.2. The lowest BCUT2D eigenvalue weighted by molar-refractivity contribution is 0.272. The Kier molecular flexibility index (Phi) is 6.22. The highest BCUT2D eigenvalue weighted by molar-refractivity contribution is 7.90. The monoisotopic (exact) mass is 352 g/mol. The first-order chi connectivity index (χ1) is 10.8. The van der Waals surface area contributed by atoms with Gasteiger partial charge in [0.15, 0.2) is 0 Å². The number of benzene rings is 1. The highest BCUT2D eigenvalue weighted by Gasteiger charge is 2.29. The summed E-state index contributed by atoms with van der Waals surface area (Å²) >= 11 is 0.449. The third kappa shape index (κ3) is 4.78. The molecule has 2 rings (SSSR count). The topological polar surface area (TPSA) is 68.2 Å². The standard InChI is InChI=1S/C17H24N2O2S2/c1-12-16(22-11-18-12)14-7-5-13(6-8-14)15(9-10-20)19-23(21)17(2,3)4/h5-8,11,15,19-20H,9-10H2,1-4H3/t15-,23+/m0/s1. The number of aliphatic hydroxyl groups excluding tert-OH is 1. The number of nitrogens with zero attached hydrogens (tertiary/aromatic N) is 1. The van der Waals surface area contributed by atoms with E-state index in [0.717, 1.165) is 16.8 Å². The van der Waals surface area contributed by atoms with Crippen LogP contribution in [0.3, 0.4) is 0 Å². The average molecular weight is 353 g/mol. The molecule has 2 N–H and O–H groups in total. The van der Waals surface area contributed by atoms with Gasteiger partial charge >= 0.3 is 0 Å². The van der Waals surface area contributed by atoms with E-state index in [2.05, 4.69) is 21.8 Å². The van der Waals surface area contributed by atoms with Crippen molar-refractivity contribution in [2.24, 2.45) is 0 Å². The van der Waals surface area contributed by atoms with Crippen LogP contribution in [-0.4, -0.2) is 26.0 Å². The lowest BCUT2D eigenvalue weighted by Gasteiger charge is -2.28. The zero-order chi connectivity index (χ0) is 17.0. The van der Waals surface area contributed by atoms with Crippen LogP contribution in [-0.2, 0) is 11.4 Å². The van der Waals surface area contributed by atoms with Gasteiger partial charge in [0.1, 0.15) is 4.75 Å². The average Bonchev–Trinajstić information content (AvgIpc) is 2.92. The van der Waals surface area contributed by atoms with E-state index in [-0.39, 0.29) is 17.4 Å². The van der Waals surface area contributed by atoms with Gasteiger partial charge in [-0.2, -0.15) is 0 Å². The van der Waals surface area contributed by atoms with Crippen LogP contribution in [0.1, 0.15) is 44.5 Å². The molecule has 2 aromatic rings. The Bertz CT molecular complexity index is 620. The minimum Gasteiger partial charge on any atom is -0.598 e. The van der Waals surface area contributed by atoms with Crippen LogP contribution in [0, 0.1) is 6.92 Å². The molecule has 0 amide bonds. The molecule has 1 aromatic carbocycles. The molecule has 0 spiro atoms. The van der Waals surface area contributed by atoms with Crippen LogP contribution in [0.4, 0.5) is 0 Å². The molecule has 4 nitrogen and oxygen atoms in total. The molecule has 0 aliphatic rings. The third-order valence-corrected chi connectivity index (χ3v) is 6.13. The molecular formula is C17H24N2O2S2. The van der Waals surface area contributed by atoms with Crippen LogP contribution >= 0.6 is 11.3 Å². The lowest BCUT2D eigenvalue weighted by Crippen LogP contribution is -2.41. The second kappa shape index (κ2) is 7.77. The van der Waals surface area contributed by atoms with E-state index in [0.29, 0.717) is 6.42 Å². The number of thiazole rings is 1. The number of aliphatic hydroxyl groups is 1. The van der Waals surface area contributed by atoms with Crippen molar-refractivity contribution < 1.29 is 9.66 Å². The Labute approximate surface area is 145 Å². The predicted molar refractivity (Wildman–Crippen MR) is 97.8 cm³/mol. The molecule has 0 aliphatic heterocycles. The van der Waals surface area contributed by atoms with Gasteiger partial charge in [-0.3, -0.25) is 0 Å². The minimum atomic E-state index is -1.18. The van der Waals surface area contributed by atoms with Crippen molar-refractivity contribution in [2.45, 2.75) is 44.9 Å². The van der Waals surface area contributed by atoms with Crippen molar-refractivity contribution >= 4 is 22.7 Å². The van der Waals surface area contributed by atoms with Crippen LogP contribution in [0.25, 0.3) is 10.4 Å². The van der Waals surface area contributed by atoms with Crippen LogP contribution in [0.2, 0.25) is 0 Å². The Balaban J connectivity index is 2.18. The Morgan fingerprint density at radius 1 is 1.30 bits per heavy atom. The number of aryl methyl sites for hydroxylation is 1. The van der Waals surface area contributed by atoms with E-state index in [1.807, 2.05) is 45.3 Å². The Morgan fingerprint density at radius 2 is 1.96 bits per heavy atom. The maximum atomic E-state index is 12.3. The molecule has 1 aromatic heterocycles. The lowest BCUT2D eigenvalue weighted by atomic mass is 10.0. The summed E-state index contributed by atoms with van der Waals surface area (Å²) in [7, 11) is 0. The molecule has 0 bridgehead atoms. The second-order valence-corrected chi connectivity index (χ2v) is 9.31. The largest absolute Gasteiger partial charge is 0.598 e. The summed E-state index contributed by atoms with van der Waals surface area (Å²) in [5.41, 5.74) is 5.04. The van der Waals surface area contributed by atoms with E-state index in [1.165, 1.54) is 4.88 Å². The molecule has 0 saturated carbocycles. The summed E-state index contributed by atoms with van der Waals surface area (Å²) in [5, 5.41) is 9.31. The summed E-state index contributed by atoms with van der Waals surface area (Å²) in [6, 6.07) is 8.05. The molecule has 0 radical (unpaired) electrons. The van der Waals surface area contributed by atoms with Crippen molar-refractivity contribution in [1.29, 1.82) is 0 Å². The fraction of sp³-hybridized carbons (Fsp3) is 0.471. The van der Waals surface area contributed by atoms with Gasteiger partial charge in [-0.15, -0.1) is 16.1 Å². The smallest absolute Gasteiger partial charge is 0.136 e. The maximum absolute atomic E-state index is 12.3. The highest BCUT2D eigenvalue weighted by Crippen LogP contribution is 2.29.